The van der Waals surface area contributed by atoms with Crippen molar-refractivity contribution in [3.63, 3.8) is 0 Å². The van der Waals surface area contributed by atoms with Crippen molar-refractivity contribution in [3.8, 4) is 0 Å². The first-order valence-electron chi connectivity index (χ1n) is 5.67. The van der Waals surface area contributed by atoms with Gasteiger partial charge in [-0.2, -0.15) is 0 Å². The van der Waals surface area contributed by atoms with Gasteiger partial charge in [-0.05, 0) is 30.5 Å². The highest BCUT2D eigenvalue weighted by atomic mass is 19.3. The zero-order valence-electron chi connectivity index (χ0n) is 9.84. The summed E-state index contributed by atoms with van der Waals surface area (Å²) in [6.07, 6.45) is 0.590. The van der Waals surface area contributed by atoms with E-state index in [-0.39, 0.29) is 12.0 Å². The van der Waals surface area contributed by atoms with Gasteiger partial charge in [0.05, 0.1) is 0 Å². The summed E-state index contributed by atoms with van der Waals surface area (Å²) in [7, 11) is 0. The third-order valence-corrected chi connectivity index (χ3v) is 2.78. The van der Waals surface area contributed by atoms with Gasteiger partial charge in [-0.3, -0.25) is 0 Å². The van der Waals surface area contributed by atoms with E-state index in [4.69, 9.17) is 5.73 Å². The van der Waals surface area contributed by atoms with Crippen molar-refractivity contribution >= 4 is 0 Å². The van der Waals surface area contributed by atoms with E-state index in [9.17, 15) is 8.78 Å². The molecule has 90 valence electrons. The van der Waals surface area contributed by atoms with Crippen LogP contribution in [0.4, 0.5) is 8.78 Å². The van der Waals surface area contributed by atoms with Crippen LogP contribution in [-0.4, -0.2) is 6.54 Å². The molecule has 0 aliphatic carbocycles. The maximum atomic E-state index is 13.5. The molecule has 1 rings (SSSR count). The molecular weight excluding hydrogens is 208 g/mol. The highest BCUT2D eigenvalue weighted by molar-refractivity contribution is 5.27. The van der Waals surface area contributed by atoms with E-state index in [0.717, 1.165) is 12.0 Å². The van der Waals surface area contributed by atoms with E-state index in [1.54, 1.807) is 12.1 Å². The van der Waals surface area contributed by atoms with Gasteiger partial charge in [0.15, 0.2) is 0 Å². The maximum Gasteiger partial charge on any atom is 0.273 e. The van der Waals surface area contributed by atoms with Crippen molar-refractivity contribution in [3.05, 3.63) is 35.4 Å². The van der Waals surface area contributed by atoms with Crippen LogP contribution in [0.15, 0.2) is 24.3 Å². The molecular formula is C13H19F2N. The normalized spacial score (nSPS) is 13.8. The van der Waals surface area contributed by atoms with Crippen LogP contribution in [0.2, 0.25) is 0 Å². The molecule has 0 aliphatic rings. The molecule has 1 nitrogen and oxygen atoms in total. The second-order valence-corrected chi connectivity index (χ2v) is 4.30. The van der Waals surface area contributed by atoms with Gasteiger partial charge in [-0.1, -0.05) is 32.0 Å². The number of hydrogen-bond acceptors (Lipinski definition) is 1. The second kappa shape index (κ2) is 5.39. The summed E-state index contributed by atoms with van der Waals surface area (Å²) < 4.78 is 26.9. The number of halogens is 2. The monoisotopic (exact) mass is 227 g/mol. The van der Waals surface area contributed by atoms with Gasteiger partial charge in [0.2, 0.25) is 0 Å². The molecule has 1 atom stereocenters. The largest absolute Gasteiger partial charge is 0.330 e. The highest BCUT2D eigenvalue weighted by Gasteiger charge is 2.28. The Labute approximate surface area is 95.7 Å². The summed E-state index contributed by atoms with van der Waals surface area (Å²) >= 11 is 0. The lowest BCUT2D eigenvalue weighted by Crippen LogP contribution is -2.15. The van der Waals surface area contributed by atoms with Gasteiger partial charge in [-0.25, -0.2) is 8.78 Å². The molecule has 1 aromatic rings. The van der Waals surface area contributed by atoms with Gasteiger partial charge >= 0.3 is 0 Å². The third kappa shape index (κ3) is 3.27. The maximum absolute atomic E-state index is 13.5. The Bertz CT molecular complexity index is 336. The first-order chi connectivity index (χ1) is 7.49. The summed E-state index contributed by atoms with van der Waals surface area (Å²) in [6, 6.07) is 6.65. The van der Waals surface area contributed by atoms with Gasteiger partial charge in [0, 0.05) is 12.0 Å². The number of alkyl halides is 2. The Morgan fingerprint density at radius 2 is 2.06 bits per heavy atom. The van der Waals surface area contributed by atoms with E-state index >= 15 is 0 Å². The molecule has 0 aliphatic heterocycles. The number of hydrogen-bond donors (Lipinski definition) is 1. The van der Waals surface area contributed by atoms with E-state index in [2.05, 4.69) is 0 Å². The Kier molecular flexibility index (Phi) is 4.42. The van der Waals surface area contributed by atoms with E-state index in [1.165, 1.54) is 13.0 Å². The molecule has 3 heteroatoms. The molecule has 0 bridgehead atoms. The Balaban J connectivity index is 2.87. The van der Waals surface area contributed by atoms with Gasteiger partial charge in [0.1, 0.15) is 0 Å². The first-order valence-corrected chi connectivity index (χ1v) is 5.67. The summed E-state index contributed by atoms with van der Waals surface area (Å²) in [4.78, 5) is 0. The predicted molar refractivity (Wildman–Crippen MR) is 62.5 cm³/mol. The van der Waals surface area contributed by atoms with Crippen LogP contribution in [0, 0.1) is 5.92 Å². The topological polar surface area (TPSA) is 26.0 Å². The molecule has 16 heavy (non-hydrogen) atoms. The summed E-state index contributed by atoms with van der Waals surface area (Å²) in [5.74, 6) is -2.40. The molecule has 0 amide bonds. The van der Waals surface area contributed by atoms with Crippen LogP contribution < -0.4 is 5.73 Å². The van der Waals surface area contributed by atoms with Crippen LogP contribution in [0.5, 0.6) is 0 Å². The molecule has 0 heterocycles. The highest BCUT2D eigenvalue weighted by Crippen LogP contribution is 2.31. The van der Waals surface area contributed by atoms with Crippen LogP contribution in [0.1, 0.15) is 31.4 Å². The number of benzene rings is 1. The molecule has 2 N–H and O–H groups in total. The molecule has 0 fully saturated rings. The van der Waals surface area contributed by atoms with Crippen molar-refractivity contribution < 1.29 is 8.78 Å². The molecule has 0 saturated heterocycles. The molecule has 0 spiro atoms. The lowest BCUT2D eigenvalue weighted by molar-refractivity contribution is -0.00836. The average molecular weight is 227 g/mol. The van der Waals surface area contributed by atoms with E-state index in [0.29, 0.717) is 12.5 Å². The van der Waals surface area contributed by atoms with Crippen LogP contribution in [0.25, 0.3) is 0 Å². The Hall–Kier alpha value is -0.960. The minimum atomic E-state index is -2.72. The fraction of sp³-hybridized carbons (Fsp3) is 0.538. The lowest BCUT2D eigenvalue weighted by atomic mass is 9.97. The SMILES string of the molecule is CCC(F)(F)c1cccc(CC(C)CN)c1. The predicted octanol–water partition coefficient (Wildman–Crippen LogP) is 3.33. The molecule has 1 unspecified atom stereocenters. The van der Waals surface area contributed by atoms with Crippen LogP contribution in [0.3, 0.4) is 0 Å². The standard InChI is InChI=1S/C13H19F2N/c1-3-13(14,15)12-6-4-5-11(8-12)7-10(2)9-16/h4-6,8,10H,3,7,9,16H2,1-2H3. The average Bonchev–Trinajstić information content (AvgIpc) is 2.29. The summed E-state index contributed by atoms with van der Waals surface area (Å²) in [5, 5.41) is 0. The fourth-order valence-electron chi connectivity index (χ4n) is 1.62. The van der Waals surface area contributed by atoms with E-state index < -0.39 is 5.92 Å². The van der Waals surface area contributed by atoms with Crippen molar-refractivity contribution in [2.24, 2.45) is 11.7 Å². The van der Waals surface area contributed by atoms with Crippen molar-refractivity contribution in [2.75, 3.05) is 6.54 Å². The lowest BCUT2D eigenvalue weighted by Gasteiger charge is -2.16. The van der Waals surface area contributed by atoms with Gasteiger partial charge in [0.25, 0.3) is 5.92 Å². The summed E-state index contributed by atoms with van der Waals surface area (Å²) in [5.41, 5.74) is 6.56. The quantitative estimate of drug-likeness (QED) is 0.820. The second-order valence-electron chi connectivity index (χ2n) is 4.30. The Morgan fingerprint density at radius 3 is 2.62 bits per heavy atom. The number of rotatable bonds is 5. The zero-order chi connectivity index (χ0) is 12.2. The van der Waals surface area contributed by atoms with Crippen molar-refractivity contribution in [1.29, 1.82) is 0 Å². The molecule has 0 saturated carbocycles. The number of nitrogens with two attached hydrogens (primary N) is 1. The molecule has 0 radical (unpaired) electrons. The van der Waals surface area contributed by atoms with Gasteiger partial charge in [-0.15, -0.1) is 0 Å². The van der Waals surface area contributed by atoms with Crippen molar-refractivity contribution in [2.45, 2.75) is 32.6 Å². The van der Waals surface area contributed by atoms with Crippen molar-refractivity contribution in [1.82, 2.24) is 0 Å². The Morgan fingerprint density at radius 1 is 1.38 bits per heavy atom. The summed E-state index contributed by atoms with van der Waals surface area (Å²) in [6.45, 7) is 4.09. The minimum Gasteiger partial charge on any atom is -0.330 e. The zero-order valence-corrected chi connectivity index (χ0v) is 9.84. The minimum absolute atomic E-state index is 0.108. The first kappa shape index (κ1) is 13.1. The van der Waals surface area contributed by atoms with Gasteiger partial charge < -0.3 is 5.73 Å². The molecule has 0 aromatic heterocycles. The smallest absolute Gasteiger partial charge is 0.273 e. The van der Waals surface area contributed by atoms with Crippen LogP contribution in [-0.2, 0) is 12.3 Å². The molecule has 1 aromatic carbocycles. The van der Waals surface area contributed by atoms with Crippen LogP contribution >= 0.6 is 0 Å². The third-order valence-electron chi connectivity index (χ3n) is 2.78. The van der Waals surface area contributed by atoms with E-state index in [1.807, 2.05) is 13.0 Å². The fourth-order valence-corrected chi connectivity index (χ4v) is 1.62.